The molecule has 26 rings (SSSR count). The van der Waals surface area contributed by atoms with E-state index in [-0.39, 0.29) is 96.5 Å². The Labute approximate surface area is 780 Å². The summed E-state index contributed by atoms with van der Waals surface area (Å²) in [4.78, 5) is 127. The van der Waals surface area contributed by atoms with Crippen molar-refractivity contribution in [2.45, 2.75) is 262 Å². The van der Waals surface area contributed by atoms with E-state index in [0.717, 1.165) is 63.4 Å². The molecule has 35 nitrogen and oxygen atoms in total. The van der Waals surface area contributed by atoms with Crippen molar-refractivity contribution in [1.82, 2.24) is 0 Å². The molecule has 16 aliphatic carbocycles. The first-order valence-electron chi connectivity index (χ1n) is 46.4. The van der Waals surface area contributed by atoms with E-state index in [1.54, 1.807) is 0 Å². The summed E-state index contributed by atoms with van der Waals surface area (Å²) < 4.78 is 260. The van der Waals surface area contributed by atoms with Crippen LogP contribution in [-0.2, 0) is 142 Å². The minimum absolute atomic E-state index is 0.00786. The first-order chi connectivity index (χ1) is 63.8. The minimum Gasteiger partial charge on any atom is -0.459 e. The Morgan fingerprint density at radius 1 is 0.353 bits per heavy atom. The Bertz CT molecular complexity index is 4540. The third-order valence-electron chi connectivity index (χ3n) is 32.4. The number of alkyl halides is 10. The normalized spacial score (nSPS) is 39.2. The van der Waals surface area contributed by atoms with Crippen molar-refractivity contribution in [3.8, 4) is 0 Å². The molecule has 0 aromatic carbocycles. The highest BCUT2D eigenvalue weighted by Crippen LogP contribution is 2.73. The van der Waals surface area contributed by atoms with Crippen LogP contribution in [-0.4, -0.2) is 277 Å². The van der Waals surface area contributed by atoms with Gasteiger partial charge in [-0.05, 0) is 152 Å². The van der Waals surface area contributed by atoms with Gasteiger partial charge in [0.25, 0.3) is 18.5 Å². The van der Waals surface area contributed by atoms with Crippen LogP contribution < -0.4 is 0 Å². The minimum atomic E-state index is -3.66. The van der Waals surface area contributed by atoms with Crippen molar-refractivity contribution in [2.75, 3.05) is 117 Å². The topological polar surface area (TPSA) is 409 Å². The molecule has 0 aromatic rings. The van der Waals surface area contributed by atoms with E-state index in [4.69, 9.17) is 109 Å². The number of thioether (sulfide) groups is 2. The quantitative estimate of drug-likeness (QED) is 0.0938. The Balaban J connectivity index is 0.000000110. The summed E-state index contributed by atoms with van der Waals surface area (Å²) in [5.74, 6) is -24.5. The van der Waals surface area contributed by atoms with Gasteiger partial charge >= 0.3 is 90.3 Å². The molecule has 136 heavy (non-hydrogen) atoms. The van der Waals surface area contributed by atoms with Crippen LogP contribution in [0.2, 0.25) is 0 Å². The maximum Gasteiger partial charge on any atom is 0.513 e. The molecule has 14 atom stereocenters. The van der Waals surface area contributed by atoms with Crippen molar-refractivity contribution in [3.05, 3.63) is 0 Å². The number of carbonyl (C=O) groups is 11. The Kier molecular flexibility index (Phi) is 24.8. The van der Waals surface area contributed by atoms with Gasteiger partial charge in [0.2, 0.25) is 0 Å². The predicted molar refractivity (Wildman–Crippen MR) is 428 cm³/mol. The Hall–Kier alpha value is -7.15. The summed E-state index contributed by atoms with van der Waals surface area (Å²) >= 11 is 3.87. The fraction of sp³-hybridized carbons (Fsp3) is 0.876. The zero-order valence-electron chi connectivity index (χ0n) is 75.3. The monoisotopic (exact) mass is 1990 g/mol. The summed E-state index contributed by atoms with van der Waals surface area (Å²) in [5.41, 5.74) is -3.82. The fourth-order valence-electron chi connectivity index (χ4n) is 26.6. The van der Waals surface area contributed by atoms with Crippen LogP contribution in [0.1, 0.15) is 169 Å². The van der Waals surface area contributed by atoms with Crippen LogP contribution in [0.15, 0.2) is 0 Å². The maximum absolute atomic E-state index is 13.4. The first kappa shape index (κ1) is 97.7. The molecule has 14 unspecified atom stereocenters. The number of carbonyl (C=O) groups excluding carboxylic acids is 11. The van der Waals surface area contributed by atoms with Crippen LogP contribution in [0, 0.1) is 104 Å². The first-order valence-corrected chi connectivity index (χ1v) is 48.4. The highest BCUT2D eigenvalue weighted by molar-refractivity contribution is 8.18. The molecule has 10 aliphatic heterocycles. The fourth-order valence-corrected chi connectivity index (χ4v) is 30.7. The summed E-state index contributed by atoms with van der Waals surface area (Å²) in [5, 5.41) is 0. The zero-order chi connectivity index (χ0) is 96.6. The number of hydrogen-bond acceptors (Lipinski definition) is 37. The number of rotatable bonds is 13. The van der Waals surface area contributed by atoms with Crippen molar-refractivity contribution in [3.63, 3.8) is 0 Å². The van der Waals surface area contributed by atoms with E-state index in [1.807, 2.05) is 23.5 Å². The largest absolute Gasteiger partial charge is 0.513 e. The van der Waals surface area contributed by atoms with Gasteiger partial charge in [0.1, 0.15) is 76.3 Å². The van der Waals surface area contributed by atoms with E-state index < -0.39 is 190 Å². The van der Waals surface area contributed by atoms with Crippen molar-refractivity contribution >= 4 is 90.1 Å². The van der Waals surface area contributed by atoms with E-state index in [9.17, 15) is 96.6 Å². The lowest BCUT2D eigenvalue weighted by molar-refractivity contribution is -0.398. The van der Waals surface area contributed by atoms with Crippen molar-refractivity contribution in [2.24, 2.45) is 104 Å². The van der Waals surface area contributed by atoms with Gasteiger partial charge in [-0.15, -0.1) is 23.5 Å². The summed E-state index contributed by atoms with van der Waals surface area (Å²) in [7, 11) is 0. The molecule has 0 amide bonds. The van der Waals surface area contributed by atoms with Crippen LogP contribution in [0.5, 0.6) is 0 Å². The second kappa shape index (κ2) is 34.6. The summed E-state index contributed by atoms with van der Waals surface area (Å²) in [6.07, 6.45) is 8.01. The molecule has 10 heterocycles. The molecule has 758 valence electrons. The van der Waals surface area contributed by atoms with Gasteiger partial charge in [-0.2, -0.15) is 35.1 Å². The molecule has 26 aliphatic rings. The standard InChI is InChI=1S/C21H26F2O9.C20H26F2O7.C19H24F2O5S2.C16H20F2O7.C13H14F2O7/c1-18(22,23)16(25)27-7-15(24)32-20-4-12-2-13(5-20)21(14(3-12)6-20)30-10-19(11-31-21)8-28-17(26)29-9-19;1-17(21,22)7-25-15(23)19-4-12-2-13(5-19)20(14(3-12)6-19)28-10-18(11-29-20)8-26-16(24)27-9-18;1-16(20,21)14(22)26-18-4-11-2-12(5-18)19(13(3-11)6-18)27-9-17(10-28-19)7-24-15(23)25-8-17;1-14(17,18)12(19)25-11-3-10-2-9(11)4-16(10)23-7-15(8-24-16)5-21-13(20)22-6-15;1-12(14,15)10(16)18-7-3-6-2-5(7)4-13(6)21-8-9(22-13)20-11(17)19-8/h12-14H,2-11H2,1H3;12-14H,2-11H2,1H3;11-13H,2-10H2,1H3;9-11H,2-8H2,1H3;5-9H,2-4H2,1H3. The van der Waals surface area contributed by atoms with Crippen LogP contribution >= 0.6 is 23.5 Å². The number of ether oxygens (including phenoxy) is 24. The van der Waals surface area contributed by atoms with E-state index in [0.29, 0.717) is 200 Å². The Morgan fingerprint density at radius 2 is 0.706 bits per heavy atom. The van der Waals surface area contributed by atoms with E-state index in [1.165, 1.54) is 0 Å². The number of esters is 6. The van der Waals surface area contributed by atoms with E-state index in [2.05, 4.69) is 4.74 Å². The number of halogens is 10. The van der Waals surface area contributed by atoms with Gasteiger partial charge in [-0.3, -0.25) is 4.79 Å². The van der Waals surface area contributed by atoms with Gasteiger partial charge in [0.05, 0.1) is 70.8 Å². The molecule has 47 heteroatoms. The van der Waals surface area contributed by atoms with Gasteiger partial charge in [-0.25, -0.2) is 56.7 Å². The lowest BCUT2D eigenvalue weighted by Crippen LogP contribution is -2.69. The maximum atomic E-state index is 13.4. The molecular formula is C89H110F10O35S2. The number of hydrogen-bond donors (Lipinski definition) is 0. The lowest BCUT2D eigenvalue weighted by Gasteiger charge is -2.65. The van der Waals surface area contributed by atoms with Gasteiger partial charge in [0.15, 0.2) is 36.4 Å². The summed E-state index contributed by atoms with van der Waals surface area (Å²) in [6, 6.07) is 0. The van der Waals surface area contributed by atoms with Crippen molar-refractivity contribution < 1.29 is 210 Å². The molecule has 16 bridgehead atoms. The van der Waals surface area contributed by atoms with Gasteiger partial charge < -0.3 is 114 Å². The average molecular weight is 1990 g/mol. The number of fused-ring (bicyclic) bond motifs is 7. The van der Waals surface area contributed by atoms with Crippen LogP contribution in [0.3, 0.4) is 0 Å². The zero-order valence-corrected chi connectivity index (χ0v) is 76.9. The summed E-state index contributed by atoms with van der Waals surface area (Å²) in [6.45, 7) is 5.07. The predicted octanol–water partition coefficient (Wildman–Crippen LogP) is 12.6. The van der Waals surface area contributed by atoms with Crippen LogP contribution in [0.25, 0.3) is 0 Å². The molecule has 26 fully saturated rings. The number of cyclic esters (lactones) is 8. The second-order valence-electron chi connectivity index (χ2n) is 43.3. The third kappa shape index (κ3) is 18.6. The lowest BCUT2D eigenvalue weighted by atomic mass is 9.47. The molecule has 9 spiro atoms. The molecule has 0 aromatic heterocycles. The second-order valence-corrected chi connectivity index (χ2v) is 46.1. The average Bonchev–Trinajstić information content (AvgIpc) is 1.11. The third-order valence-corrected chi connectivity index (χ3v) is 36.8. The SMILES string of the molecule is CC(F)(F)C(=O)OC12CC3CC(C1)C1(SCC4(COC(=O)OC4)CS1)C(C3)C2.CC(F)(F)C(=O)OC1CC2CC1CC21OC2OC(=O)OC2O1.CC(F)(F)C(=O)OC1CC2CC1CC21OCC2(COC(=O)OC2)CO1.CC(F)(F)C(=O)OCC(=O)OC12CC3CC(C1)C1(OCC4(COC(=O)OC4)CO1)C(C3)C2.CC(F)(F)COC(=O)C12CC3CC(C1)C1(OCC4(COC(=O)OC4)CO1)C(C3)C2. The molecule has 0 radical (unpaired) electrons. The van der Waals surface area contributed by atoms with Gasteiger partial charge in [0, 0.05) is 106 Å². The van der Waals surface area contributed by atoms with E-state index >= 15 is 0 Å². The molecule has 10 saturated heterocycles. The molecule has 16 saturated carbocycles. The van der Waals surface area contributed by atoms with Crippen molar-refractivity contribution in [1.29, 1.82) is 0 Å². The molecular weight excluding hydrogens is 1880 g/mol. The highest BCUT2D eigenvalue weighted by Gasteiger charge is 2.74. The Morgan fingerprint density at radius 3 is 1.09 bits per heavy atom. The molecule has 0 N–H and O–H groups in total. The van der Waals surface area contributed by atoms with Crippen LogP contribution in [0.4, 0.5) is 67.9 Å². The highest BCUT2D eigenvalue weighted by atomic mass is 32.2. The van der Waals surface area contributed by atoms with Gasteiger partial charge in [-0.1, -0.05) is 0 Å². The smallest absolute Gasteiger partial charge is 0.459 e.